The SMILES string of the molecule is CCOc1ccccc1CNC(=O)COc1cccc2ccccc12. The third-order valence-electron chi connectivity index (χ3n) is 3.86. The van der Waals surface area contributed by atoms with E-state index in [0.717, 1.165) is 22.1 Å². The van der Waals surface area contributed by atoms with E-state index in [-0.39, 0.29) is 12.5 Å². The third-order valence-corrected chi connectivity index (χ3v) is 3.86. The Balaban J connectivity index is 1.58. The topological polar surface area (TPSA) is 47.6 Å². The molecule has 128 valence electrons. The Bertz CT molecular complexity index is 855. The third kappa shape index (κ3) is 4.29. The van der Waals surface area contributed by atoms with Crippen molar-refractivity contribution in [3.8, 4) is 11.5 Å². The first-order valence-corrected chi connectivity index (χ1v) is 8.36. The number of para-hydroxylation sites is 1. The highest BCUT2D eigenvalue weighted by atomic mass is 16.5. The number of benzene rings is 3. The largest absolute Gasteiger partial charge is 0.494 e. The lowest BCUT2D eigenvalue weighted by Gasteiger charge is -2.12. The number of amides is 1. The minimum absolute atomic E-state index is 0.0230. The van der Waals surface area contributed by atoms with Gasteiger partial charge in [0.1, 0.15) is 11.5 Å². The molecule has 3 rings (SSSR count). The number of nitrogens with one attached hydrogen (secondary N) is 1. The zero-order chi connectivity index (χ0) is 17.5. The van der Waals surface area contributed by atoms with Crippen molar-refractivity contribution in [2.75, 3.05) is 13.2 Å². The maximum atomic E-state index is 12.1. The van der Waals surface area contributed by atoms with Crippen molar-refractivity contribution in [3.05, 3.63) is 72.3 Å². The van der Waals surface area contributed by atoms with Crippen LogP contribution in [-0.4, -0.2) is 19.1 Å². The quantitative estimate of drug-likeness (QED) is 0.711. The molecule has 25 heavy (non-hydrogen) atoms. The van der Waals surface area contributed by atoms with Gasteiger partial charge in [-0.15, -0.1) is 0 Å². The molecule has 0 atom stereocenters. The second kappa shape index (κ2) is 8.20. The van der Waals surface area contributed by atoms with Gasteiger partial charge in [-0.1, -0.05) is 54.6 Å². The summed E-state index contributed by atoms with van der Waals surface area (Å²) in [6.45, 7) is 2.92. The Kier molecular flexibility index (Phi) is 5.52. The monoisotopic (exact) mass is 335 g/mol. The maximum absolute atomic E-state index is 12.1. The highest BCUT2D eigenvalue weighted by Gasteiger charge is 2.08. The Morgan fingerprint density at radius 3 is 2.48 bits per heavy atom. The van der Waals surface area contributed by atoms with Gasteiger partial charge in [0.05, 0.1) is 6.61 Å². The molecule has 0 spiro atoms. The molecule has 4 heteroatoms. The lowest BCUT2D eigenvalue weighted by atomic mass is 10.1. The van der Waals surface area contributed by atoms with Gasteiger partial charge < -0.3 is 14.8 Å². The average molecular weight is 335 g/mol. The summed E-state index contributed by atoms with van der Waals surface area (Å²) in [5.41, 5.74) is 0.947. The molecule has 3 aromatic carbocycles. The highest BCUT2D eigenvalue weighted by molar-refractivity contribution is 5.88. The van der Waals surface area contributed by atoms with Crippen LogP contribution in [0.2, 0.25) is 0 Å². The van der Waals surface area contributed by atoms with Gasteiger partial charge in [0.25, 0.3) is 5.91 Å². The summed E-state index contributed by atoms with van der Waals surface area (Å²) in [5, 5.41) is 4.96. The van der Waals surface area contributed by atoms with Crippen molar-refractivity contribution in [1.82, 2.24) is 5.32 Å². The summed E-state index contributed by atoms with van der Waals surface area (Å²) in [4.78, 5) is 12.1. The van der Waals surface area contributed by atoms with Crippen molar-refractivity contribution in [1.29, 1.82) is 0 Å². The van der Waals surface area contributed by atoms with E-state index in [1.165, 1.54) is 0 Å². The predicted molar refractivity (Wildman–Crippen MR) is 98.9 cm³/mol. The molecule has 1 N–H and O–H groups in total. The Hall–Kier alpha value is -3.01. The molecule has 0 aliphatic rings. The lowest BCUT2D eigenvalue weighted by Crippen LogP contribution is -2.28. The molecule has 0 aliphatic carbocycles. The molecule has 0 saturated heterocycles. The second-order valence-corrected chi connectivity index (χ2v) is 5.58. The van der Waals surface area contributed by atoms with Crippen molar-refractivity contribution >= 4 is 16.7 Å². The van der Waals surface area contributed by atoms with E-state index in [0.29, 0.717) is 18.9 Å². The smallest absolute Gasteiger partial charge is 0.258 e. The van der Waals surface area contributed by atoms with Crippen LogP contribution in [-0.2, 0) is 11.3 Å². The zero-order valence-electron chi connectivity index (χ0n) is 14.2. The lowest BCUT2D eigenvalue weighted by molar-refractivity contribution is -0.123. The number of rotatable bonds is 7. The van der Waals surface area contributed by atoms with Crippen molar-refractivity contribution in [2.24, 2.45) is 0 Å². The van der Waals surface area contributed by atoms with Crippen LogP contribution in [0.15, 0.2) is 66.7 Å². The van der Waals surface area contributed by atoms with Crippen molar-refractivity contribution in [2.45, 2.75) is 13.5 Å². The first-order valence-electron chi connectivity index (χ1n) is 8.36. The number of fused-ring (bicyclic) bond motifs is 1. The fourth-order valence-corrected chi connectivity index (χ4v) is 2.66. The van der Waals surface area contributed by atoms with E-state index in [1.54, 1.807) is 0 Å². The number of carbonyl (C=O) groups excluding carboxylic acids is 1. The maximum Gasteiger partial charge on any atom is 0.258 e. The molecule has 1 amide bonds. The summed E-state index contributed by atoms with van der Waals surface area (Å²) < 4.78 is 11.3. The van der Waals surface area contributed by atoms with Gasteiger partial charge in [-0.3, -0.25) is 4.79 Å². The molecule has 0 fully saturated rings. The Morgan fingerprint density at radius 1 is 0.880 bits per heavy atom. The van der Waals surface area contributed by atoms with E-state index in [4.69, 9.17) is 9.47 Å². The molecule has 0 bridgehead atoms. The van der Waals surface area contributed by atoms with Gasteiger partial charge >= 0.3 is 0 Å². The van der Waals surface area contributed by atoms with Gasteiger partial charge in [-0.2, -0.15) is 0 Å². The minimum Gasteiger partial charge on any atom is -0.494 e. The van der Waals surface area contributed by atoms with E-state index in [1.807, 2.05) is 73.7 Å². The molecule has 0 unspecified atom stereocenters. The van der Waals surface area contributed by atoms with E-state index < -0.39 is 0 Å². The first-order chi connectivity index (χ1) is 12.3. The molecule has 0 aromatic heterocycles. The fraction of sp³-hybridized carbons (Fsp3) is 0.190. The number of carbonyl (C=O) groups is 1. The van der Waals surface area contributed by atoms with Gasteiger partial charge in [0.15, 0.2) is 6.61 Å². The molecule has 0 aliphatic heterocycles. The molecule has 0 radical (unpaired) electrons. The normalized spacial score (nSPS) is 10.4. The standard InChI is InChI=1S/C21H21NO3/c1-2-24-19-12-6-4-9-17(19)14-22-21(23)15-25-20-13-7-10-16-8-3-5-11-18(16)20/h3-13H,2,14-15H2,1H3,(H,22,23). The van der Waals surface area contributed by atoms with Crippen LogP contribution in [0.5, 0.6) is 11.5 Å². The van der Waals surface area contributed by atoms with Crippen LogP contribution in [0.3, 0.4) is 0 Å². The van der Waals surface area contributed by atoms with E-state index in [2.05, 4.69) is 5.32 Å². The molecule has 0 saturated carbocycles. The summed E-state index contributed by atoms with van der Waals surface area (Å²) in [7, 11) is 0. The summed E-state index contributed by atoms with van der Waals surface area (Å²) in [5.74, 6) is 1.34. The molecular weight excluding hydrogens is 314 g/mol. The molecule has 3 aromatic rings. The summed E-state index contributed by atoms with van der Waals surface area (Å²) in [6.07, 6.45) is 0. The van der Waals surface area contributed by atoms with E-state index >= 15 is 0 Å². The van der Waals surface area contributed by atoms with Gasteiger partial charge in [-0.25, -0.2) is 0 Å². The predicted octanol–water partition coefficient (Wildman–Crippen LogP) is 3.93. The van der Waals surface area contributed by atoms with Gasteiger partial charge in [0.2, 0.25) is 0 Å². The number of hydrogen-bond acceptors (Lipinski definition) is 3. The fourth-order valence-electron chi connectivity index (χ4n) is 2.66. The summed E-state index contributed by atoms with van der Waals surface area (Å²) >= 11 is 0. The van der Waals surface area contributed by atoms with Crippen LogP contribution in [0.4, 0.5) is 0 Å². The first kappa shape index (κ1) is 16.8. The van der Waals surface area contributed by atoms with Crippen LogP contribution in [0, 0.1) is 0 Å². The van der Waals surface area contributed by atoms with Crippen molar-refractivity contribution < 1.29 is 14.3 Å². The second-order valence-electron chi connectivity index (χ2n) is 5.58. The van der Waals surface area contributed by atoms with Crippen LogP contribution < -0.4 is 14.8 Å². The van der Waals surface area contributed by atoms with Crippen LogP contribution in [0.25, 0.3) is 10.8 Å². The zero-order valence-corrected chi connectivity index (χ0v) is 14.2. The van der Waals surface area contributed by atoms with E-state index in [9.17, 15) is 4.79 Å². The number of hydrogen-bond donors (Lipinski definition) is 1. The summed E-state index contributed by atoms with van der Waals surface area (Å²) in [6, 6.07) is 21.5. The minimum atomic E-state index is -0.167. The van der Waals surface area contributed by atoms with Gasteiger partial charge in [-0.05, 0) is 24.4 Å². The average Bonchev–Trinajstić information content (AvgIpc) is 2.66. The highest BCUT2D eigenvalue weighted by Crippen LogP contribution is 2.25. The Morgan fingerprint density at radius 2 is 1.60 bits per heavy atom. The molecular formula is C21H21NO3. The van der Waals surface area contributed by atoms with Gasteiger partial charge in [0, 0.05) is 17.5 Å². The Labute approximate surface area is 147 Å². The van der Waals surface area contributed by atoms with Crippen LogP contribution in [0.1, 0.15) is 12.5 Å². The van der Waals surface area contributed by atoms with Crippen LogP contribution >= 0.6 is 0 Å². The molecule has 4 nitrogen and oxygen atoms in total. The van der Waals surface area contributed by atoms with Crippen molar-refractivity contribution in [3.63, 3.8) is 0 Å². The molecule has 0 heterocycles. The number of ether oxygens (including phenoxy) is 2.